The summed E-state index contributed by atoms with van der Waals surface area (Å²) >= 11 is 11.9. The molecule has 0 atom stereocenters. The zero-order valence-electron chi connectivity index (χ0n) is 11.1. The van der Waals surface area contributed by atoms with Crippen molar-refractivity contribution in [3.05, 3.63) is 22.7 Å². The van der Waals surface area contributed by atoms with Gasteiger partial charge in [-0.15, -0.1) is 11.6 Å². The molecule has 1 rings (SSSR count). The zero-order valence-corrected chi connectivity index (χ0v) is 12.6. The molecule has 0 aliphatic heterocycles. The van der Waals surface area contributed by atoms with Crippen LogP contribution in [-0.4, -0.2) is 40.6 Å². The number of hydrogen-bond acceptors (Lipinski definition) is 4. The summed E-state index contributed by atoms with van der Waals surface area (Å²) in [7, 11) is 3.19. The summed E-state index contributed by atoms with van der Waals surface area (Å²) in [5, 5.41) is 0.479. The van der Waals surface area contributed by atoms with Gasteiger partial charge < -0.3 is 18.9 Å². The molecule has 0 unspecified atom stereocenters. The lowest BCUT2D eigenvalue weighted by molar-refractivity contribution is 0.0540. The van der Waals surface area contributed by atoms with E-state index < -0.39 is 0 Å². The van der Waals surface area contributed by atoms with Crippen LogP contribution in [0.5, 0.6) is 11.5 Å². The average Bonchev–Trinajstić information content (AvgIpc) is 2.43. The highest BCUT2D eigenvalue weighted by molar-refractivity contribution is 6.32. The molecule has 6 heteroatoms. The maximum absolute atomic E-state index is 6.13. The summed E-state index contributed by atoms with van der Waals surface area (Å²) < 4.78 is 21.0. The number of hydrogen-bond donors (Lipinski definition) is 0. The standard InChI is InChI=1S/C13H18Cl2O4/c1-16-3-4-18-5-6-19-13-11(15)7-10(9-14)8-12(13)17-2/h7-8H,3-6,9H2,1-2H3. The second-order valence-electron chi connectivity index (χ2n) is 3.70. The van der Waals surface area contributed by atoms with Gasteiger partial charge in [-0.3, -0.25) is 0 Å². The first-order chi connectivity index (χ1) is 9.22. The highest BCUT2D eigenvalue weighted by atomic mass is 35.5. The number of rotatable bonds is 9. The molecular formula is C13H18Cl2O4. The molecule has 0 aliphatic rings. The third-order valence-corrected chi connectivity index (χ3v) is 2.94. The van der Waals surface area contributed by atoms with Crippen molar-refractivity contribution in [1.29, 1.82) is 0 Å². The van der Waals surface area contributed by atoms with Crippen LogP contribution in [0.25, 0.3) is 0 Å². The van der Waals surface area contributed by atoms with Gasteiger partial charge in [-0.2, -0.15) is 0 Å². The fraction of sp³-hybridized carbons (Fsp3) is 0.538. The molecule has 0 aromatic heterocycles. The molecule has 0 aliphatic carbocycles. The van der Waals surface area contributed by atoms with Crippen LogP contribution in [0, 0.1) is 0 Å². The highest BCUT2D eigenvalue weighted by Crippen LogP contribution is 2.36. The van der Waals surface area contributed by atoms with Crippen molar-refractivity contribution in [2.75, 3.05) is 40.6 Å². The lowest BCUT2D eigenvalue weighted by Gasteiger charge is -2.13. The maximum Gasteiger partial charge on any atom is 0.179 e. The van der Waals surface area contributed by atoms with Gasteiger partial charge in [0.1, 0.15) is 6.61 Å². The van der Waals surface area contributed by atoms with E-state index in [1.165, 1.54) is 0 Å². The first kappa shape index (κ1) is 16.4. The molecule has 108 valence electrons. The van der Waals surface area contributed by atoms with E-state index in [0.29, 0.717) is 48.8 Å². The van der Waals surface area contributed by atoms with Crippen molar-refractivity contribution in [3.63, 3.8) is 0 Å². The van der Waals surface area contributed by atoms with E-state index in [-0.39, 0.29) is 0 Å². The van der Waals surface area contributed by atoms with E-state index in [1.54, 1.807) is 26.4 Å². The number of alkyl halides is 1. The summed E-state index contributed by atoms with van der Waals surface area (Å²) in [6.07, 6.45) is 0. The minimum atomic E-state index is 0.372. The summed E-state index contributed by atoms with van der Waals surface area (Å²) in [5.74, 6) is 1.45. The third-order valence-electron chi connectivity index (χ3n) is 2.35. The van der Waals surface area contributed by atoms with Gasteiger partial charge in [0.2, 0.25) is 0 Å². The van der Waals surface area contributed by atoms with Crippen LogP contribution >= 0.6 is 23.2 Å². The van der Waals surface area contributed by atoms with Crippen LogP contribution in [-0.2, 0) is 15.4 Å². The number of benzene rings is 1. The molecule has 0 N–H and O–H groups in total. The lowest BCUT2D eigenvalue weighted by Crippen LogP contribution is -2.10. The summed E-state index contributed by atoms with van der Waals surface area (Å²) in [6.45, 7) is 1.95. The third kappa shape index (κ3) is 5.45. The van der Waals surface area contributed by atoms with Crippen molar-refractivity contribution in [2.24, 2.45) is 0 Å². The van der Waals surface area contributed by atoms with E-state index in [2.05, 4.69) is 0 Å². The van der Waals surface area contributed by atoms with E-state index >= 15 is 0 Å². The van der Waals surface area contributed by atoms with Crippen molar-refractivity contribution in [1.82, 2.24) is 0 Å². The monoisotopic (exact) mass is 308 g/mol. The molecule has 0 saturated heterocycles. The summed E-state index contributed by atoms with van der Waals surface area (Å²) in [6, 6.07) is 3.57. The molecule has 0 saturated carbocycles. The Hall–Kier alpha value is -0.680. The Labute approximate surface area is 123 Å². The van der Waals surface area contributed by atoms with Crippen LogP contribution in [0.1, 0.15) is 5.56 Å². The topological polar surface area (TPSA) is 36.9 Å². The Morgan fingerprint density at radius 2 is 1.79 bits per heavy atom. The van der Waals surface area contributed by atoms with Crippen LogP contribution < -0.4 is 9.47 Å². The fourth-order valence-corrected chi connectivity index (χ4v) is 1.88. The van der Waals surface area contributed by atoms with Gasteiger partial charge in [-0.1, -0.05) is 11.6 Å². The van der Waals surface area contributed by atoms with Crippen molar-refractivity contribution < 1.29 is 18.9 Å². The largest absolute Gasteiger partial charge is 0.493 e. The highest BCUT2D eigenvalue weighted by Gasteiger charge is 2.11. The Morgan fingerprint density at radius 3 is 2.42 bits per heavy atom. The van der Waals surface area contributed by atoms with Crippen LogP contribution in [0.15, 0.2) is 12.1 Å². The Bertz CT molecular complexity index is 385. The molecule has 0 fully saturated rings. The molecule has 0 heterocycles. The first-order valence-electron chi connectivity index (χ1n) is 5.84. The minimum absolute atomic E-state index is 0.372. The Morgan fingerprint density at radius 1 is 1.05 bits per heavy atom. The average molecular weight is 309 g/mol. The molecule has 0 spiro atoms. The fourth-order valence-electron chi connectivity index (χ4n) is 1.44. The molecule has 0 amide bonds. The molecule has 1 aromatic carbocycles. The predicted molar refractivity (Wildman–Crippen MR) is 75.8 cm³/mol. The molecule has 0 radical (unpaired) electrons. The van der Waals surface area contributed by atoms with Crippen LogP contribution in [0.4, 0.5) is 0 Å². The van der Waals surface area contributed by atoms with Gasteiger partial charge in [0.15, 0.2) is 11.5 Å². The van der Waals surface area contributed by atoms with E-state index in [9.17, 15) is 0 Å². The molecule has 1 aromatic rings. The number of ether oxygens (including phenoxy) is 4. The second kappa shape index (κ2) is 9.26. The van der Waals surface area contributed by atoms with E-state index in [4.69, 9.17) is 42.1 Å². The smallest absolute Gasteiger partial charge is 0.179 e. The normalized spacial score (nSPS) is 10.5. The molecule has 0 bridgehead atoms. The van der Waals surface area contributed by atoms with Crippen molar-refractivity contribution in [2.45, 2.75) is 5.88 Å². The van der Waals surface area contributed by atoms with Gasteiger partial charge in [0.25, 0.3) is 0 Å². The van der Waals surface area contributed by atoms with E-state index in [1.807, 2.05) is 0 Å². The Kier molecular flexibility index (Phi) is 7.98. The second-order valence-corrected chi connectivity index (χ2v) is 4.37. The SMILES string of the molecule is COCCOCCOc1c(Cl)cc(CCl)cc1OC. The van der Waals surface area contributed by atoms with Gasteiger partial charge in [-0.25, -0.2) is 0 Å². The quantitative estimate of drug-likeness (QED) is 0.519. The predicted octanol–water partition coefficient (Wildman–Crippen LogP) is 3.13. The number of methoxy groups -OCH3 is 2. The molecule has 19 heavy (non-hydrogen) atoms. The maximum atomic E-state index is 6.13. The zero-order chi connectivity index (χ0) is 14.1. The minimum Gasteiger partial charge on any atom is -0.493 e. The molecule has 4 nitrogen and oxygen atoms in total. The molecular weight excluding hydrogens is 291 g/mol. The van der Waals surface area contributed by atoms with Crippen molar-refractivity contribution >= 4 is 23.2 Å². The van der Waals surface area contributed by atoms with Crippen molar-refractivity contribution in [3.8, 4) is 11.5 Å². The van der Waals surface area contributed by atoms with Gasteiger partial charge in [0.05, 0.1) is 32.0 Å². The van der Waals surface area contributed by atoms with Crippen LogP contribution in [0.3, 0.4) is 0 Å². The van der Waals surface area contributed by atoms with E-state index in [0.717, 1.165) is 5.56 Å². The lowest BCUT2D eigenvalue weighted by atomic mass is 10.2. The van der Waals surface area contributed by atoms with Crippen LogP contribution in [0.2, 0.25) is 5.02 Å². The first-order valence-corrected chi connectivity index (χ1v) is 6.76. The Balaban J connectivity index is 2.52. The van der Waals surface area contributed by atoms with Gasteiger partial charge in [0, 0.05) is 13.0 Å². The summed E-state index contributed by atoms with van der Waals surface area (Å²) in [4.78, 5) is 0. The van der Waals surface area contributed by atoms with Gasteiger partial charge >= 0.3 is 0 Å². The number of halogens is 2. The van der Waals surface area contributed by atoms with Gasteiger partial charge in [-0.05, 0) is 17.7 Å². The summed E-state index contributed by atoms with van der Waals surface area (Å²) in [5.41, 5.74) is 0.882.